The molecule has 0 unspecified atom stereocenters. The molecule has 0 bridgehead atoms. The van der Waals surface area contributed by atoms with Crippen molar-refractivity contribution >= 4 is 17.7 Å². The molecule has 0 spiro atoms. The van der Waals surface area contributed by atoms with E-state index in [2.05, 4.69) is 10.2 Å². The molecule has 3 nitrogen and oxygen atoms in total. The number of carbonyl (C=O) groups excluding carboxylic acids is 1. The topological polar surface area (TPSA) is 32.3 Å². The second-order valence-electron chi connectivity index (χ2n) is 2.32. The van der Waals surface area contributed by atoms with Gasteiger partial charge in [0.25, 0.3) is 0 Å². The van der Waals surface area contributed by atoms with Crippen molar-refractivity contribution in [2.24, 2.45) is 0 Å². The molecule has 0 aromatic rings. The summed E-state index contributed by atoms with van der Waals surface area (Å²) in [5.74, 6) is 1.12. The van der Waals surface area contributed by atoms with Crippen LogP contribution in [0.25, 0.3) is 0 Å². The van der Waals surface area contributed by atoms with Crippen LogP contribution in [0.15, 0.2) is 0 Å². The fourth-order valence-corrected chi connectivity index (χ4v) is 1.57. The van der Waals surface area contributed by atoms with Crippen LogP contribution in [0.1, 0.15) is 0 Å². The van der Waals surface area contributed by atoms with E-state index >= 15 is 0 Å². The number of piperazine rings is 1. The predicted octanol–water partition coefficient (Wildman–Crippen LogP) is -0.261. The summed E-state index contributed by atoms with van der Waals surface area (Å²) in [6.07, 6.45) is 2.05. The first-order valence-electron chi connectivity index (χ1n) is 3.31. The molecule has 10 heavy (non-hydrogen) atoms. The monoisotopic (exact) mass is 160 g/mol. The Bertz CT molecular complexity index is 127. The van der Waals surface area contributed by atoms with Gasteiger partial charge in [-0.1, -0.05) is 0 Å². The highest BCUT2D eigenvalue weighted by atomic mass is 32.2. The molecule has 1 fully saturated rings. The summed E-state index contributed by atoms with van der Waals surface area (Å²) in [6.45, 7) is 2.37. The average molecular weight is 160 g/mol. The maximum absolute atomic E-state index is 10.8. The number of nitrogens with zero attached hydrogens (tertiary/aromatic N) is 1. The summed E-state index contributed by atoms with van der Waals surface area (Å²) in [5, 5.41) is 2.78. The van der Waals surface area contributed by atoms with Crippen LogP contribution in [0.2, 0.25) is 0 Å². The Balaban J connectivity index is 2.25. The largest absolute Gasteiger partial charge is 0.354 e. The molecule has 0 aliphatic carbocycles. The van der Waals surface area contributed by atoms with Crippen LogP contribution in [0.5, 0.6) is 0 Å². The molecule has 1 aliphatic heterocycles. The lowest BCUT2D eigenvalue weighted by molar-refractivity contribution is -0.123. The number of carbonyl (C=O) groups is 1. The summed E-state index contributed by atoms with van der Waals surface area (Å²) in [6, 6.07) is 0. The van der Waals surface area contributed by atoms with Crippen LogP contribution in [0.4, 0.5) is 0 Å². The first kappa shape index (κ1) is 7.88. The lowest BCUT2D eigenvalue weighted by Gasteiger charge is -2.25. The molecule has 4 heteroatoms. The quantitative estimate of drug-likeness (QED) is 0.604. The smallest absolute Gasteiger partial charge is 0.234 e. The molecule has 0 saturated carbocycles. The number of hydrogen-bond donors (Lipinski definition) is 1. The average Bonchev–Trinajstić information content (AvgIpc) is 1.88. The van der Waals surface area contributed by atoms with Crippen LogP contribution < -0.4 is 5.32 Å². The summed E-state index contributed by atoms with van der Waals surface area (Å²) in [4.78, 5) is 12.9. The van der Waals surface area contributed by atoms with E-state index in [1.54, 1.807) is 11.8 Å². The van der Waals surface area contributed by atoms with Crippen LogP contribution in [0.3, 0.4) is 0 Å². The highest BCUT2D eigenvalue weighted by molar-refractivity contribution is 7.98. The van der Waals surface area contributed by atoms with Crippen molar-refractivity contribution in [1.29, 1.82) is 0 Å². The van der Waals surface area contributed by atoms with Crippen molar-refractivity contribution in [2.75, 3.05) is 31.8 Å². The first-order chi connectivity index (χ1) is 4.83. The Hall–Kier alpha value is -0.220. The number of amides is 1. The van der Waals surface area contributed by atoms with Gasteiger partial charge in [-0.05, 0) is 6.26 Å². The first-order valence-corrected chi connectivity index (χ1v) is 4.70. The van der Waals surface area contributed by atoms with E-state index < -0.39 is 0 Å². The van der Waals surface area contributed by atoms with Crippen molar-refractivity contribution < 1.29 is 4.79 Å². The van der Waals surface area contributed by atoms with E-state index in [9.17, 15) is 4.79 Å². The number of hydrogen-bond acceptors (Lipinski definition) is 3. The molecule has 1 aliphatic rings. The molecule has 1 heterocycles. The van der Waals surface area contributed by atoms with Crippen LogP contribution >= 0.6 is 11.8 Å². The van der Waals surface area contributed by atoms with Crippen molar-refractivity contribution in [3.63, 3.8) is 0 Å². The minimum absolute atomic E-state index is 0.153. The minimum Gasteiger partial charge on any atom is -0.354 e. The normalized spacial score (nSPS) is 20.7. The maximum Gasteiger partial charge on any atom is 0.234 e. The fourth-order valence-electron chi connectivity index (χ4n) is 0.984. The SMILES string of the molecule is CSCN1CCNC(=O)C1. The van der Waals surface area contributed by atoms with Gasteiger partial charge in [-0.15, -0.1) is 11.8 Å². The molecule has 0 radical (unpaired) electrons. The summed E-state index contributed by atoms with van der Waals surface area (Å²) in [7, 11) is 0. The molecule has 1 rings (SSSR count). The van der Waals surface area contributed by atoms with Gasteiger partial charge in [-0.2, -0.15) is 0 Å². The Morgan fingerprint density at radius 2 is 2.60 bits per heavy atom. The van der Waals surface area contributed by atoms with E-state index in [1.807, 2.05) is 6.26 Å². The van der Waals surface area contributed by atoms with Crippen molar-refractivity contribution in [2.45, 2.75) is 0 Å². The summed E-state index contributed by atoms with van der Waals surface area (Å²) >= 11 is 1.76. The van der Waals surface area contributed by atoms with Gasteiger partial charge >= 0.3 is 0 Å². The molecule has 1 N–H and O–H groups in total. The van der Waals surface area contributed by atoms with Gasteiger partial charge in [0.2, 0.25) is 5.91 Å². The zero-order chi connectivity index (χ0) is 7.40. The third-order valence-electron chi connectivity index (χ3n) is 1.43. The van der Waals surface area contributed by atoms with E-state index in [1.165, 1.54) is 0 Å². The molecular weight excluding hydrogens is 148 g/mol. The van der Waals surface area contributed by atoms with E-state index in [-0.39, 0.29) is 5.91 Å². The van der Waals surface area contributed by atoms with Gasteiger partial charge in [0.1, 0.15) is 0 Å². The molecule has 0 atom stereocenters. The van der Waals surface area contributed by atoms with Crippen molar-refractivity contribution in [3.05, 3.63) is 0 Å². The van der Waals surface area contributed by atoms with E-state index in [0.29, 0.717) is 6.54 Å². The van der Waals surface area contributed by atoms with Crippen LogP contribution in [-0.2, 0) is 4.79 Å². The zero-order valence-corrected chi connectivity index (χ0v) is 6.91. The second kappa shape index (κ2) is 3.83. The van der Waals surface area contributed by atoms with Crippen molar-refractivity contribution in [1.82, 2.24) is 10.2 Å². The molecule has 0 aromatic carbocycles. The fraction of sp³-hybridized carbons (Fsp3) is 0.833. The molecule has 1 amide bonds. The van der Waals surface area contributed by atoms with Gasteiger partial charge in [-0.25, -0.2) is 0 Å². The van der Waals surface area contributed by atoms with Gasteiger partial charge in [-0.3, -0.25) is 9.69 Å². The van der Waals surface area contributed by atoms with Gasteiger partial charge < -0.3 is 5.32 Å². The highest BCUT2D eigenvalue weighted by Crippen LogP contribution is 1.99. The van der Waals surface area contributed by atoms with E-state index in [0.717, 1.165) is 19.0 Å². The predicted molar refractivity (Wildman–Crippen MR) is 43.0 cm³/mol. The van der Waals surface area contributed by atoms with Crippen molar-refractivity contribution in [3.8, 4) is 0 Å². The van der Waals surface area contributed by atoms with Crippen LogP contribution in [-0.4, -0.2) is 42.6 Å². The van der Waals surface area contributed by atoms with Gasteiger partial charge in [0, 0.05) is 19.0 Å². The van der Waals surface area contributed by atoms with Gasteiger partial charge in [0.15, 0.2) is 0 Å². The highest BCUT2D eigenvalue weighted by Gasteiger charge is 2.14. The Labute approximate surface area is 65.2 Å². The lowest BCUT2D eigenvalue weighted by Crippen LogP contribution is -2.47. The number of thioether (sulfide) groups is 1. The molecular formula is C6H12N2OS. The Kier molecular flexibility index (Phi) is 3.02. The van der Waals surface area contributed by atoms with E-state index in [4.69, 9.17) is 0 Å². The molecule has 1 saturated heterocycles. The Morgan fingerprint density at radius 1 is 1.80 bits per heavy atom. The lowest BCUT2D eigenvalue weighted by atomic mass is 10.4. The second-order valence-corrected chi connectivity index (χ2v) is 3.16. The molecule has 0 aromatic heterocycles. The number of rotatable bonds is 2. The third kappa shape index (κ3) is 2.19. The maximum atomic E-state index is 10.8. The standard InChI is InChI=1S/C6H12N2OS/c1-10-5-8-3-2-7-6(9)4-8/h2-5H2,1H3,(H,7,9). The number of nitrogens with one attached hydrogen (secondary N) is 1. The third-order valence-corrected chi connectivity index (χ3v) is 2.05. The molecule has 58 valence electrons. The van der Waals surface area contributed by atoms with Gasteiger partial charge in [0.05, 0.1) is 6.54 Å². The summed E-state index contributed by atoms with van der Waals surface area (Å²) < 4.78 is 0. The van der Waals surface area contributed by atoms with Crippen LogP contribution in [0, 0.1) is 0 Å². The minimum atomic E-state index is 0.153. The Morgan fingerprint density at radius 3 is 3.20 bits per heavy atom. The zero-order valence-electron chi connectivity index (χ0n) is 6.09. The summed E-state index contributed by atoms with van der Waals surface area (Å²) in [5.41, 5.74) is 0.